The van der Waals surface area contributed by atoms with Crippen LogP contribution in [-0.2, 0) is 14.8 Å². The summed E-state index contributed by atoms with van der Waals surface area (Å²) < 4.78 is 26.6. The molecule has 0 aliphatic carbocycles. The number of carbonyl (C=O) groups excluding carboxylic acids is 1. The summed E-state index contributed by atoms with van der Waals surface area (Å²) in [6.07, 6.45) is 0.265. The molecule has 0 heterocycles. The summed E-state index contributed by atoms with van der Waals surface area (Å²) in [4.78, 5) is 11.3. The minimum atomic E-state index is -3.82. The first-order valence-corrected chi connectivity index (χ1v) is 7.94. The van der Waals surface area contributed by atoms with Crippen molar-refractivity contribution in [1.82, 2.24) is 10.0 Å². The van der Waals surface area contributed by atoms with Gasteiger partial charge in [0.25, 0.3) is 0 Å². The van der Waals surface area contributed by atoms with Crippen LogP contribution in [0, 0.1) is 11.8 Å². The summed E-state index contributed by atoms with van der Waals surface area (Å²) in [6.45, 7) is 1.77. The van der Waals surface area contributed by atoms with Gasteiger partial charge in [0.15, 0.2) is 0 Å². The minimum Gasteiger partial charge on any atom is -0.395 e. The Balaban J connectivity index is 2.93. The fourth-order valence-corrected chi connectivity index (χ4v) is 2.66. The molecule has 0 spiro atoms. The third-order valence-electron chi connectivity index (χ3n) is 2.43. The molecule has 0 aliphatic heterocycles. The molecule has 7 heteroatoms. The van der Waals surface area contributed by atoms with Crippen molar-refractivity contribution in [3.05, 3.63) is 29.8 Å². The van der Waals surface area contributed by atoms with E-state index in [0.717, 1.165) is 0 Å². The van der Waals surface area contributed by atoms with Crippen LogP contribution in [0.3, 0.4) is 0 Å². The smallest absolute Gasteiger partial charge is 0.242 e. The zero-order valence-electron chi connectivity index (χ0n) is 11.7. The van der Waals surface area contributed by atoms with Crippen LogP contribution in [0.5, 0.6) is 0 Å². The van der Waals surface area contributed by atoms with Gasteiger partial charge in [-0.15, -0.1) is 0 Å². The quantitative estimate of drug-likeness (QED) is 0.636. The van der Waals surface area contributed by atoms with Crippen LogP contribution >= 0.6 is 0 Å². The number of rotatable bonds is 6. The van der Waals surface area contributed by atoms with Crippen LogP contribution in [-0.4, -0.2) is 39.1 Å². The first kappa shape index (κ1) is 17.2. The predicted octanol–water partition coefficient (Wildman–Crippen LogP) is -0.165. The van der Waals surface area contributed by atoms with E-state index < -0.39 is 15.9 Å². The minimum absolute atomic E-state index is 0.0136. The molecular formula is C14H18N2O4S. The largest absolute Gasteiger partial charge is 0.395 e. The highest BCUT2D eigenvalue weighted by molar-refractivity contribution is 7.89. The number of aliphatic hydroxyl groups excluding tert-OH is 1. The standard InChI is InChI=1S/C14H18N2O4S/c1-2-15-14(18)11-16-21(19,20)13-9-4-3-7-12(13)8-5-6-10-17/h3-4,7,9,16-17H,2,6,10-11H2,1H3,(H,15,18). The Morgan fingerprint density at radius 1 is 1.33 bits per heavy atom. The van der Waals surface area contributed by atoms with Crippen LogP contribution in [0.1, 0.15) is 18.9 Å². The highest BCUT2D eigenvalue weighted by atomic mass is 32.2. The van der Waals surface area contributed by atoms with E-state index in [4.69, 9.17) is 5.11 Å². The Kier molecular flexibility index (Phi) is 6.88. The number of carbonyl (C=O) groups is 1. The normalized spacial score (nSPS) is 10.6. The first-order valence-electron chi connectivity index (χ1n) is 6.46. The van der Waals surface area contributed by atoms with Gasteiger partial charge in [0, 0.05) is 18.5 Å². The lowest BCUT2D eigenvalue weighted by Crippen LogP contribution is -2.36. The van der Waals surface area contributed by atoms with E-state index in [-0.39, 0.29) is 24.5 Å². The number of hydrogen-bond donors (Lipinski definition) is 3. The van der Waals surface area contributed by atoms with E-state index in [9.17, 15) is 13.2 Å². The molecule has 6 nitrogen and oxygen atoms in total. The second kappa shape index (κ2) is 8.42. The van der Waals surface area contributed by atoms with Gasteiger partial charge in [0.05, 0.1) is 18.0 Å². The maximum Gasteiger partial charge on any atom is 0.242 e. The number of aliphatic hydroxyl groups is 1. The fraction of sp³-hybridized carbons (Fsp3) is 0.357. The van der Waals surface area contributed by atoms with Crippen LogP contribution in [0.15, 0.2) is 29.2 Å². The number of sulfonamides is 1. The Morgan fingerprint density at radius 3 is 2.71 bits per heavy atom. The molecule has 0 aromatic heterocycles. The van der Waals surface area contributed by atoms with E-state index in [2.05, 4.69) is 21.9 Å². The molecule has 0 unspecified atom stereocenters. The molecule has 1 amide bonds. The molecule has 0 saturated heterocycles. The molecule has 114 valence electrons. The number of likely N-dealkylation sites (N-methyl/N-ethyl adjacent to an activating group) is 1. The molecule has 0 bridgehead atoms. The second-order valence-corrected chi connectivity index (χ2v) is 5.78. The van der Waals surface area contributed by atoms with E-state index in [1.165, 1.54) is 6.07 Å². The average Bonchev–Trinajstić information content (AvgIpc) is 2.46. The lowest BCUT2D eigenvalue weighted by Gasteiger charge is -2.08. The van der Waals surface area contributed by atoms with E-state index in [0.29, 0.717) is 12.1 Å². The van der Waals surface area contributed by atoms with Crippen molar-refractivity contribution in [1.29, 1.82) is 0 Å². The van der Waals surface area contributed by atoms with Crippen LogP contribution < -0.4 is 10.0 Å². The molecule has 3 N–H and O–H groups in total. The lowest BCUT2D eigenvalue weighted by atomic mass is 10.2. The van der Waals surface area contributed by atoms with Crippen molar-refractivity contribution < 1.29 is 18.3 Å². The maximum atomic E-state index is 12.2. The van der Waals surface area contributed by atoms with Gasteiger partial charge in [-0.05, 0) is 19.1 Å². The fourth-order valence-electron chi connectivity index (χ4n) is 1.52. The van der Waals surface area contributed by atoms with Gasteiger partial charge < -0.3 is 10.4 Å². The van der Waals surface area contributed by atoms with Crippen molar-refractivity contribution in [3.63, 3.8) is 0 Å². The van der Waals surface area contributed by atoms with Crippen molar-refractivity contribution in [2.75, 3.05) is 19.7 Å². The summed E-state index contributed by atoms with van der Waals surface area (Å²) in [5.74, 6) is 4.98. The topological polar surface area (TPSA) is 95.5 Å². The van der Waals surface area contributed by atoms with Crippen molar-refractivity contribution in [3.8, 4) is 11.8 Å². The average molecular weight is 310 g/mol. The summed E-state index contributed by atoms with van der Waals surface area (Å²) in [6, 6.07) is 6.25. The van der Waals surface area contributed by atoms with Crippen LogP contribution in [0.25, 0.3) is 0 Å². The predicted molar refractivity (Wildman–Crippen MR) is 78.9 cm³/mol. The lowest BCUT2D eigenvalue weighted by molar-refractivity contribution is -0.119. The molecule has 0 fully saturated rings. The van der Waals surface area contributed by atoms with Gasteiger partial charge in [0.1, 0.15) is 0 Å². The summed E-state index contributed by atoms with van der Waals surface area (Å²) in [5.41, 5.74) is 0.328. The summed E-state index contributed by atoms with van der Waals surface area (Å²) in [7, 11) is -3.82. The van der Waals surface area contributed by atoms with E-state index in [1.54, 1.807) is 25.1 Å². The number of amides is 1. The second-order valence-electron chi connectivity index (χ2n) is 4.05. The zero-order valence-corrected chi connectivity index (χ0v) is 12.5. The van der Waals surface area contributed by atoms with Crippen molar-refractivity contribution in [2.45, 2.75) is 18.2 Å². The Hall–Kier alpha value is -1.88. The molecule has 0 radical (unpaired) electrons. The zero-order chi connectivity index (χ0) is 15.7. The third-order valence-corrected chi connectivity index (χ3v) is 3.89. The molecule has 1 aromatic rings. The number of nitrogens with one attached hydrogen (secondary N) is 2. The van der Waals surface area contributed by atoms with Crippen molar-refractivity contribution >= 4 is 15.9 Å². The van der Waals surface area contributed by atoms with E-state index >= 15 is 0 Å². The Bertz CT molecular complexity index is 644. The van der Waals surface area contributed by atoms with E-state index in [1.807, 2.05) is 0 Å². The molecule has 1 rings (SSSR count). The van der Waals surface area contributed by atoms with Crippen LogP contribution in [0.4, 0.5) is 0 Å². The highest BCUT2D eigenvalue weighted by Crippen LogP contribution is 2.13. The molecular weight excluding hydrogens is 292 g/mol. The van der Waals surface area contributed by atoms with Crippen LogP contribution in [0.2, 0.25) is 0 Å². The van der Waals surface area contributed by atoms with Crippen molar-refractivity contribution in [2.24, 2.45) is 0 Å². The third kappa shape index (κ3) is 5.55. The molecule has 0 aliphatic rings. The number of hydrogen-bond acceptors (Lipinski definition) is 4. The SMILES string of the molecule is CCNC(=O)CNS(=O)(=O)c1ccccc1C#CCCO. The molecule has 0 atom stereocenters. The summed E-state index contributed by atoms with van der Waals surface area (Å²) in [5, 5.41) is 11.2. The van der Waals surface area contributed by atoms with Gasteiger partial charge in [-0.3, -0.25) is 4.79 Å². The van der Waals surface area contributed by atoms with Gasteiger partial charge in [-0.25, -0.2) is 13.1 Å². The molecule has 1 aromatic carbocycles. The maximum absolute atomic E-state index is 12.2. The molecule has 21 heavy (non-hydrogen) atoms. The Morgan fingerprint density at radius 2 is 2.05 bits per heavy atom. The monoisotopic (exact) mass is 310 g/mol. The molecule has 0 saturated carbocycles. The Labute approximate surface area is 124 Å². The van der Waals surface area contributed by atoms with Gasteiger partial charge in [0.2, 0.25) is 15.9 Å². The van der Waals surface area contributed by atoms with Gasteiger partial charge >= 0.3 is 0 Å². The van der Waals surface area contributed by atoms with Gasteiger partial charge in [-0.1, -0.05) is 24.0 Å². The summed E-state index contributed by atoms with van der Waals surface area (Å²) >= 11 is 0. The number of benzene rings is 1. The van der Waals surface area contributed by atoms with Gasteiger partial charge in [-0.2, -0.15) is 0 Å². The first-order chi connectivity index (χ1) is 10.0. The highest BCUT2D eigenvalue weighted by Gasteiger charge is 2.18.